The van der Waals surface area contributed by atoms with E-state index in [1.54, 1.807) is 0 Å². The molecule has 3 atom stereocenters. The van der Waals surface area contributed by atoms with E-state index in [1.165, 1.54) is 38.5 Å². The topological polar surface area (TPSA) is 41.1 Å². The summed E-state index contributed by atoms with van der Waals surface area (Å²) in [6.07, 6.45) is 9.57. The van der Waals surface area contributed by atoms with E-state index < -0.39 is 0 Å². The molecule has 1 saturated heterocycles. The van der Waals surface area contributed by atoms with Gasteiger partial charge in [-0.1, -0.05) is 26.2 Å². The zero-order valence-corrected chi connectivity index (χ0v) is 11.7. The number of rotatable bonds is 5. The van der Waals surface area contributed by atoms with Crippen LogP contribution in [0.4, 0.5) is 0 Å². The molecule has 0 aromatic heterocycles. The SMILES string of the molecule is CC1CCCCC1CNC(=O)CCC1CCCN1. The quantitative estimate of drug-likeness (QED) is 0.789. The Balaban J connectivity index is 1.58. The summed E-state index contributed by atoms with van der Waals surface area (Å²) in [6.45, 7) is 4.36. The van der Waals surface area contributed by atoms with Crippen molar-refractivity contribution in [2.45, 2.75) is 64.3 Å². The second-order valence-electron chi connectivity index (χ2n) is 6.16. The second-order valence-corrected chi connectivity index (χ2v) is 6.16. The highest BCUT2D eigenvalue weighted by Crippen LogP contribution is 2.28. The van der Waals surface area contributed by atoms with Crippen LogP contribution in [-0.4, -0.2) is 25.0 Å². The van der Waals surface area contributed by atoms with Gasteiger partial charge in [0.1, 0.15) is 0 Å². The summed E-state index contributed by atoms with van der Waals surface area (Å²) in [6, 6.07) is 0.587. The molecule has 1 heterocycles. The van der Waals surface area contributed by atoms with Crippen LogP contribution in [0.15, 0.2) is 0 Å². The first-order valence-corrected chi connectivity index (χ1v) is 7.76. The fourth-order valence-corrected chi connectivity index (χ4v) is 3.34. The number of hydrogen-bond donors (Lipinski definition) is 2. The van der Waals surface area contributed by atoms with Gasteiger partial charge < -0.3 is 10.6 Å². The van der Waals surface area contributed by atoms with Crippen molar-refractivity contribution < 1.29 is 4.79 Å². The van der Waals surface area contributed by atoms with Gasteiger partial charge in [0, 0.05) is 19.0 Å². The van der Waals surface area contributed by atoms with Gasteiger partial charge in [0.15, 0.2) is 0 Å². The Bertz CT molecular complexity index is 261. The van der Waals surface area contributed by atoms with E-state index in [9.17, 15) is 4.79 Å². The molecule has 2 fully saturated rings. The Kier molecular flexibility index (Phi) is 5.48. The number of nitrogens with one attached hydrogen (secondary N) is 2. The van der Waals surface area contributed by atoms with Crippen molar-refractivity contribution in [1.82, 2.24) is 10.6 Å². The molecule has 3 unspecified atom stereocenters. The van der Waals surface area contributed by atoms with Gasteiger partial charge in [-0.2, -0.15) is 0 Å². The van der Waals surface area contributed by atoms with Crippen LogP contribution in [0.25, 0.3) is 0 Å². The van der Waals surface area contributed by atoms with Crippen molar-refractivity contribution in [2.24, 2.45) is 11.8 Å². The first-order chi connectivity index (χ1) is 8.75. The third kappa shape index (κ3) is 4.27. The van der Waals surface area contributed by atoms with Crippen LogP contribution in [-0.2, 0) is 4.79 Å². The van der Waals surface area contributed by atoms with E-state index in [1.807, 2.05) is 0 Å². The summed E-state index contributed by atoms with van der Waals surface area (Å²) in [5, 5.41) is 6.58. The predicted molar refractivity (Wildman–Crippen MR) is 74.4 cm³/mol. The maximum atomic E-state index is 11.8. The molecule has 1 amide bonds. The van der Waals surface area contributed by atoms with Crippen molar-refractivity contribution >= 4 is 5.91 Å². The standard InChI is InChI=1S/C15H28N2O/c1-12-5-2-3-6-13(12)11-17-15(18)9-8-14-7-4-10-16-14/h12-14,16H,2-11H2,1H3,(H,17,18). The Morgan fingerprint density at radius 2 is 2.06 bits per heavy atom. The third-order valence-corrected chi connectivity index (χ3v) is 4.73. The summed E-state index contributed by atoms with van der Waals surface area (Å²) in [5.41, 5.74) is 0. The van der Waals surface area contributed by atoms with Gasteiger partial charge in [0.25, 0.3) is 0 Å². The molecule has 0 bridgehead atoms. The molecule has 18 heavy (non-hydrogen) atoms. The maximum absolute atomic E-state index is 11.8. The van der Waals surface area contributed by atoms with Crippen molar-refractivity contribution in [1.29, 1.82) is 0 Å². The summed E-state index contributed by atoms with van der Waals surface area (Å²) < 4.78 is 0. The Hall–Kier alpha value is -0.570. The maximum Gasteiger partial charge on any atom is 0.220 e. The number of carbonyl (C=O) groups is 1. The van der Waals surface area contributed by atoms with E-state index in [2.05, 4.69) is 17.6 Å². The molecule has 3 heteroatoms. The number of hydrogen-bond acceptors (Lipinski definition) is 2. The Labute approximate surface area is 111 Å². The molecule has 0 aromatic rings. The van der Waals surface area contributed by atoms with Crippen molar-refractivity contribution in [3.05, 3.63) is 0 Å². The average molecular weight is 252 g/mol. The number of amides is 1. The van der Waals surface area contributed by atoms with Gasteiger partial charge in [-0.3, -0.25) is 4.79 Å². The fraction of sp³-hybridized carbons (Fsp3) is 0.933. The molecular weight excluding hydrogens is 224 g/mol. The first kappa shape index (κ1) is 13.9. The van der Waals surface area contributed by atoms with E-state index in [0.29, 0.717) is 18.4 Å². The van der Waals surface area contributed by atoms with Crippen LogP contribution < -0.4 is 10.6 Å². The molecular formula is C15H28N2O. The smallest absolute Gasteiger partial charge is 0.220 e. The first-order valence-electron chi connectivity index (χ1n) is 7.76. The van der Waals surface area contributed by atoms with Crippen molar-refractivity contribution in [2.75, 3.05) is 13.1 Å². The van der Waals surface area contributed by atoms with Gasteiger partial charge in [-0.15, -0.1) is 0 Å². The number of carbonyl (C=O) groups excluding carboxylic acids is 1. The van der Waals surface area contributed by atoms with E-state index in [0.717, 1.165) is 25.4 Å². The van der Waals surface area contributed by atoms with Crippen molar-refractivity contribution in [3.8, 4) is 0 Å². The van der Waals surface area contributed by atoms with E-state index in [-0.39, 0.29) is 5.91 Å². The van der Waals surface area contributed by atoms with Gasteiger partial charge in [0.2, 0.25) is 5.91 Å². The summed E-state index contributed by atoms with van der Waals surface area (Å²) >= 11 is 0. The summed E-state index contributed by atoms with van der Waals surface area (Å²) in [7, 11) is 0. The third-order valence-electron chi connectivity index (χ3n) is 4.73. The minimum absolute atomic E-state index is 0.251. The highest BCUT2D eigenvalue weighted by atomic mass is 16.1. The Morgan fingerprint density at radius 1 is 1.22 bits per heavy atom. The monoisotopic (exact) mass is 252 g/mol. The van der Waals surface area contributed by atoms with E-state index in [4.69, 9.17) is 0 Å². The van der Waals surface area contributed by atoms with E-state index >= 15 is 0 Å². The Morgan fingerprint density at radius 3 is 2.78 bits per heavy atom. The predicted octanol–water partition coefficient (Wildman–Crippen LogP) is 2.46. The molecule has 1 aliphatic carbocycles. The average Bonchev–Trinajstić information content (AvgIpc) is 2.88. The van der Waals surface area contributed by atoms with Crippen LogP contribution >= 0.6 is 0 Å². The summed E-state index contributed by atoms with van der Waals surface area (Å²) in [4.78, 5) is 11.8. The molecule has 2 N–H and O–H groups in total. The van der Waals surface area contributed by atoms with Crippen LogP contribution in [0.1, 0.15) is 58.3 Å². The fourth-order valence-electron chi connectivity index (χ4n) is 3.34. The van der Waals surface area contributed by atoms with Gasteiger partial charge in [0.05, 0.1) is 0 Å². The van der Waals surface area contributed by atoms with Crippen LogP contribution in [0.2, 0.25) is 0 Å². The normalized spacial score (nSPS) is 32.4. The minimum Gasteiger partial charge on any atom is -0.356 e. The summed E-state index contributed by atoms with van der Waals surface area (Å²) in [5.74, 6) is 1.75. The zero-order chi connectivity index (χ0) is 12.8. The lowest BCUT2D eigenvalue weighted by Crippen LogP contribution is -2.34. The molecule has 3 nitrogen and oxygen atoms in total. The molecule has 0 spiro atoms. The molecule has 0 radical (unpaired) electrons. The lowest BCUT2D eigenvalue weighted by Gasteiger charge is -2.28. The van der Waals surface area contributed by atoms with Crippen molar-refractivity contribution in [3.63, 3.8) is 0 Å². The molecule has 1 saturated carbocycles. The second kappa shape index (κ2) is 7.13. The van der Waals surface area contributed by atoms with Gasteiger partial charge >= 0.3 is 0 Å². The molecule has 2 aliphatic rings. The molecule has 104 valence electrons. The van der Waals surface area contributed by atoms with Gasteiger partial charge in [-0.25, -0.2) is 0 Å². The molecule has 0 aromatic carbocycles. The largest absolute Gasteiger partial charge is 0.356 e. The molecule has 1 aliphatic heterocycles. The zero-order valence-electron chi connectivity index (χ0n) is 11.7. The molecule has 2 rings (SSSR count). The minimum atomic E-state index is 0.251. The van der Waals surface area contributed by atoms with Crippen LogP contribution in [0.3, 0.4) is 0 Å². The lowest BCUT2D eigenvalue weighted by molar-refractivity contribution is -0.121. The highest BCUT2D eigenvalue weighted by molar-refractivity contribution is 5.75. The van der Waals surface area contributed by atoms with Gasteiger partial charge in [-0.05, 0) is 44.1 Å². The van der Waals surface area contributed by atoms with Crippen LogP contribution in [0, 0.1) is 11.8 Å². The van der Waals surface area contributed by atoms with Crippen LogP contribution in [0.5, 0.6) is 0 Å². The lowest BCUT2D eigenvalue weighted by atomic mass is 9.80. The highest BCUT2D eigenvalue weighted by Gasteiger charge is 2.22.